The van der Waals surface area contributed by atoms with Gasteiger partial charge in [0.15, 0.2) is 0 Å². The molecule has 0 fully saturated rings. The Bertz CT molecular complexity index is 524. The Balaban J connectivity index is 1.91. The molecule has 0 bridgehead atoms. The summed E-state index contributed by atoms with van der Waals surface area (Å²) in [6.07, 6.45) is 2.87. The predicted molar refractivity (Wildman–Crippen MR) is 69.2 cm³/mol. The number of nitrogens with zero attached hydrogens (tertiary/aromatic N) is 2. The highest BCUT2D eigenvalue weighted by Crippen LogP contribution is 2.28. The number of rotatable bonds is 2. The number of pyridine rings is 1. The largest absolute Gasteiger partial charge is 0.392 e. The summed E-state index contributed by atoms with van der Waals surface area (Å²) < 4.78 is 0. The molecule has 3 rings (SSSR count). The lowest BCUT2D eigenvalue weighted by molar-refractivity contribution is 0.281. The van der Waals surface area contributed by atoms with E-state index < -0.39 is 0 Å². The van der Waals surface area contributed by atoms with Crippen LogP contribution in [0.1, 0.15) is 16.0 Å². The molecule has 1 aliphatic heterocycles. The molecule has 0 aromatic carbocycles. The summed E-state index contributed by atoms with van der Waals surface area (Å²) >= 11 is 1.84. The summed E-state index contributed by atoms with van der Waals surface area (Å²) in [5.74, 6) is 0.923. The van der Waals surface area contributed by atoms with Gasteiger partial charge in [-0.1, -0.05) is 6.07 Å². The van der Waals surface area contributed by atoms with Gasteiger partial charge in [-0.15, -0.1) is 11.3 Å². The van der Waals surface area contributed by atoms with Gasteiger partial charge in [-0.3, -0.25) is 0 Å². The van der Waals surface area contributed by atoms with Crippen molar-refractivity contribution in [1.29, 1.82) is 0 Å². The van der Waals surface area contributed by atoms with Crippen molar-refractivity contribution in [2.24, 2.45) is 0 Å². The number of hydrogen-bond donors (Lipinski definition) is 1. The van der Waals surface area contributed by atoms with Gasteiger partial charge in [0, 0.05) is 29.7 Å². The third-order valence-electron chi connectivity index (χ3n) is 3.15. The minimum Gasteiger partial charge on any atom is -0.392 e. The first-order valence-corrected chi connectivity index (χ1v) is 6.61. The second kappa shape index (κ2) is 4.47. The van der Waals surface area contributed by atoms with Crippen molar-refractivity contribution in [1.82, 2.24) is 4.98 Å². The van der Waals surface area contributed by atoms with Gasteiger partial charge in [0.05, 0.1) is 6.61 Å². The lowest BCUT2D eigenvalue weighted by atomic mass is 10.1. The molecule has 0 spiro atoms. The van der Waals surface area contributed by atoms with Crippen molar-refractivity contribution in [2.45, 2.75) is 19.6 Å². The molecule has 2 aromatic rings. The fourth-order valence-corrected chi connectivity index (χ4v) is 3.16. The van der Waals surface area contributed by atoms with Gasteiger partial charge in [0.2, 0.25) is 0 Å². The van der Waals surface area contributed by atoms with Gasteiger partial charge in [0.25, 0.3) is 0 Å². The fraction of sp³-hybridized carbons (Fsp3) is 0.308. The maximum Gasteiger partial charge on any atom is 0.134 e. The monoisotopic (exact) mass is 246 g/mol. The molecule has 3 heterocycles. The molecular formula is C13H14N2OS. The first-order valence-electron chi connectivity index (χ1n) is 5.73. The first-order chi connectivity index (χ1) is 8.38. The van der Waals surface area contributed by atoms with E-state index in [0.717, 1.165) is 30.9 Å². The number of aliphatic hydroxyl groups excluding tert-OH is 1. The Labute approximate surface area is 104 Å². The second-order valence-electron chi connectivity index (χ2n) is 4.18. The third-order valence-corrected chi connectivity index (χ3v) is 4.17. The molecule has 1 aliphatic rings. The number of fused-ring (bicyclic) bond motifs is 1. The summed E-state index contributed by atoms with van der Waals surface area (Å²) in [4.78, 5) is 8.14. The number of anilines is 1. The number of aromatic nitrogens is 1. The minimum absolute atomic E-state index is 0.0518. The summed E-state index contributed by atoms with van der Waals surface area (Å²) in [6.45, 7) is 1.94. The van der Waals surface area contributed by atoms with Gasteiger partial charge >= 0.3 is 0 Å². The quantitative estimate of drug-likeness (QED) is 0.882. The zero-order valence-corrected chi connectivity index (χ0v) is 10.3. The van der Waals surface area contributed by atoms with Crippen LogP contribution in [0, 0.1) is 0 Å². The van der Waals surface area contributed by atoms with Crippen LogP contribution < -0.4 is 4.90 Å². The molecule has 4 heteroatoms. The predicted octanol–water partition coefficient (Wildman–Crippen LogP) is 2.20. The molecule has 2 aromatic heterocycles. The summed E-state index contributed by atoms with van der Waals surface area (Å²) in [5, 5.41) is 11.5. The SMILES string of the molecule is OCc1cccnc1N1CCc2sccc2C1. The van der Waals surface area contributed by atoms with E-state index in [1.54, 1.807) is 6.20 Å². The van der Waals surface area contributed by atoms with E-state index in [1.165, 1.54) is 10.4 Å². The summed E-state index contributed by atoms with van der Waals surface area (Å²) in [6, 6.07) is 5.99. The molecule has 1 N–H and O–H groups in total. The topological polar surface area (TPSA) is 36.4 Å². The standard InChI is InChI=1S/C13H14N2OS/c16-9-11-2-1-5-14-13(11)15-6-3-12-10(8-15)4-7-17-12/h1-2,4-5,7,16H,3,6,8-9H2. The van der Waals surface area contributed by atoms with Crippen LogP contribution in [0.5, 0.6) is 0 Å². The van der Waals surface area contributed by atoms with Crippen molar-refractivity contribution in [2.75, 3.05) is 11.4 Å². The highest BCUT2D eigenvalue weighted by Gasteiger charge is 2.19. The lowest BCUT2D eigenvalue weighted by Gasteiger charge is -2.29. The summed E-state index contributed by atoms with van der Waals surface area (Å²) in [7, 11) is 0. The molecule has 0 saturated carbocycles. The second-order valence-corrected chi connectivity index (χ2v) is 5.19. The third kappa shape index (κ3) is 1.94. The zero-order valence-electron chi connectivity index (χ0n) is 9.47. The first kappa shape index (κ1) is 10.7. The van der Waals surface area contributed by atoms with E-state index in [4.69, 9.17) is 0 Å². The van der Waals surface area contributed by atoms with Gasteiger partial charge in [-0.05, 0) is 29.5 Å². The van der Waals surface area contributed by atoms with Crippen LogP contribution in [-0.4, -0.2) is 16.6 Å². The molecule has 88 valence electrons. The molecule has 0 atom stereocenters. The van der Waals surface area contributed by atoms with Gasteiger partial charge in [0.1, 0.15) is 5.82 Å². The maximum absolute atomic E-state index is 9.34. The minimum atomic E-state index is 0.0518. The van der Waals surface area contributed by atoms with E-state index in [2.05, 4.69) is 21.3 Å². The molecule has 0 saturated heterocycles. The van der Waals surface area contributed by atoms with Crippen LogP contribution >= 0.6 is 11.3 Å². The normalized spacial score (nSPS) is 14.8. The molecule has 0 amide bonds. The number of hydrogen-bond acceptors (Lipinski definition) is 4. The van der Waals surface area contributed by atoms with Crippen molar-refractivity contribution < 1.29 is 5.11 Å². The highest BCUT2D eigenvalue weighted by molar-refractivity contribution is 7.10. The summed E-state index contributed by atoms with van der Waals surface area (Å²) in [5.41, 5.74) is 2.31. The van der Waals surface area contributed by atoms with Crippen molar-refractivity contribution >= 4 is 17.2 Å². The Morgan fingerprint density at radius 3 is 3.24 bits per heavy atom. The fourth-order valence-electron chi connectivity index (χ4n) is 2.27. The zero-order chi connectivity index (χ0) is 11.7. The smallest absolute Gasteiger partial charge is 0.134 e. The Hall–Kier alpha value is -1.39. The molecule has 0 aliphatic carbocycles. The van der Waals surface area contributed by atoms with E-state index >= 15 is 0 Å². The molecule has 0 radical (unpaired) electrons. The van der Waals surface area contributed by atoms with E-state index in [-0.39, 0.29) is 6.61 Å². The Kier molecular flexibility index (Phi) is 2.82. The van der Waals surface area contributed by atoms with E-state index in [1.807, 2.05) is 23.5 Å². The Morgan fingerprint density at radius 1 is 1.41 bits per heavy atom. The Morgan fingerprint density at radius 2 is 2.35 bits per heavy atom. The van der Waals surface area contributed by atoms with Crippen LogP contribution in [0.3, 0.4) is 0 Å². The van der Waals surface area contributed by atoms with Gasteiger partial charge in [-0.25, -0.2) is 4.98 Å². The maximum atomic E-state index is 9.34. The van der Waals surface area contributed by atoms with Crippen molar-refractivity contribution in [3.8, 4) is 0 Å². The van der Waals surface area contributed by atoms with Crippen LogP contribution in [0.25, 0.3) is 0 Å². The van der Waals surface area contributed by atoms with Crippen LogP contribution in [0.4, 0.5) is 5.82 Å². The average molecular weight is 246 g/mol. The van der Waals surface area contributed by atoms with E-state index in [0.29, 0.717) is 0 Å². The van der Waals surface area contributed by atoms with Crippen molar-refractivity contribution in [3.05, 3.63) is 45.8 Å². The molecule has 0 unspecified atom stereocenters. The van der Waals surface area contributed by atoms with Crippen LogP contribution in [-0.2, 0) is 19.6 Å². The molecular weight excluding hydrogens is 232 g/mol. The van der Waals surface area contributed by atoms with Gasteiger partial charge < -0.3 is 10.0 Å². The molecule has 17 heavy (non-hydrogen) atoms. The van der Waals surface area contributed by atoms with E-state index in [9.17, 15) is 5.11 Å². The molecule has 3 nitrogen and oxygen atoms in total. The van der Waals surface area contributed by atoms with Crippen molar-refractivity contribution in [3.63, 3.8) is 0 Å². The average Bonchev–Trinajstić information content (AvgIpc) is 2.85. The lowest BCUT2D eigenvalue weighted by Crippen LogP contribution is -2.30. The van der Waals surface area contributed by atoms with Gasteiger partial charge in [-0.2, -0.15) is 0 Å². The van der Waals surface area contributed by atoms with Crippen LogP contribution in [0.2, 0.25) is 0 Å². The highest BCUT2D eigenvalue weighted by atomic mass is 32.1. The number of aliphatic hydroxyl groups is 1. The number of thiophene rings is 1. The van der Waals surface area contributed by atoms with Crippen LogP contribution in [0.15, 0.2) is 29.8 Å².